The van der Waals surface area contributed by atoms with Gasteiger partial charge in [-0.1, -0.05) is 12.1 Å². The van der Waals surface area contributed by atoms with Crippen LogP contribution in [0.25, 0.3) is 10.4 Å². The molecule has 2 aliphatic rings. The van der Waals surface area contributed by atoms with Crippen molar-refractivity contribution in [1.82, 2.24) is 15.6 Å². The number of hydrogen-bond donors (Lipinski definition) is 2. The van der Waals surface area contributed by atoms with E-state index in [0.717, 1.165) is 34.7 Å². The Morgan fingerprint density at radius 2 is 2.29 bits per heavy atom. The van der Waals surface area contributed by atoms with Crippen molar-refractivity contribution in [2.45, 2.75) is 44.3 Å². The summed E-state index contributed by atoms with van der Waals surface area (Å²) in [5.41, 5.74) is 1.91. The summed E-state index contributed by atoms with van der Waals surface area (Å²) in [7, 11) is 1.65. The molecule has 6 heteroatoms. The number of aromatic nitrogens is 1. The molecule has 3 heterocycles. The number of carbonyl (C=O) groups excluding carboxylic acids is 1. The van der Waals surface area contributed by atoms with E-state index in [-0.39, 0.29) is 11.9 Å². The molecular formula is C18H21N3O2S. The van der Waals surface area contributed by atoms with Crippen LogP contribution in [0, 0.1) is 6.92 Å². The van der Waals surface area contributed by atoms with E-state index in [1.807, 2.05) is 31.2 Å². The number of ether oxygens (including phenoxy) is 1. The van der Waals surface area contributed by atoms with Crippen LogP contribution in [0.4, 0.5) is 0 Å². The molecule has 3 unspecified atom stereocenters. The first kappa shape index (κ1) is 15.6. The Hall–Kier alpha value is -1.92. The maximum absolute atomic E-state index is 12.6. The molecule has 0 saturated carbocycles. The highest BCUT2D eigenvalue weighted by Crippen LogP contribution is 2.33. The van der Waals surface area contributed by atoms with Crippen LogP contribution in [-0.4, -0.2) is 36.1 Å². The first-order valence-corrected chi connectivity index (χ1v) is 9.14. The number of carbonyl (C=O) groups is 1. The number of thiazole rings is 1. The molecule has 2 saturated heterocycles. The number of aryl methyl sites for hydroxylation is 1. The zero-order valence-electron chi connectivity index (χ0n) is 13.8. The predicted molar refractivity (Wildman–Crippen MR) is 94.7 cm³/mol. The van der Waals surface area contributed by atoms with Crippen LogP contribution >= 0.6 is 11.3 Å². The van der Waals surface area contributed by atoms with E-state index in [1.54, 1.807) is 7.11 Å². The fraction of sp³-hybridized carbons (Fsp3) is 0.444. The van der Waals surface area contributed by atoms with Gasteiger partial charge in [0.2, 0.25) is 0 Å². The van der Waals surface area contributed by atoms with Crippen molar-refractivity contribution < 1.29 is 9.53 Å². The second-order valence-corrected chi connectivity index (χ2v) is 7.53. The number of rotatable bonds is 4. The van der Waals surface area contributed by atoms with Crippen LogP contribution in [0.1, 0.15) is 34.8 Å². The molecule has 24 heavy (non-hydrogen) atoms. The molecule has 0 aliphatic carbocycles. The summed E-state index contributed by atoms with van der Waals surface area (Å²) in [6, 6.07) is 9.10. The van der Waals surface area contributed by atoms with Gasteiger partial charge in [0, 0.05) is 18.1 Å². The molecule has 2 aromatic rings. The second kappa shape index (κ2) is 6.18. The molecule has 126 valence electrons. The summed E-state index contributed by atoms with van der Waals surface area (Å²) in [5.74, 6) is 0.746. The molecule has 3 atom stereocenters. The van der Waals surface area contributed by atoms with Gasteiger partial charge in [0.15, 0.2) is 5.01 Å². The first-order valence-electron chi connectivity index (χ1n) is 8.33. The van der Waals surface area contributed by atoms with Crippen molar-refractivity contribution >= 4 is 17.2 Å². The number of benzene rings is 1. The van der Waals surface area contributed by atoms with Crippen molar-refractivity contribution in [2.75, 3.05) is 7.11 Å². The summed E-state index contributed by atoms with van der Waals surface area (Å²) < 4.78 is 5.29. The number of amides is 1. The van der Waals surface area contributed by atoms with Crippen LogP contribution in [-0.2, 0) is 0 Å². The van der Waals surface area contributed by atoms with Crippen molar-refractivity contribution in [3.63, 3.8) is 0 Å². The number of nitrogens with zero attached hydrogens (tertiary/aromatic N) is 1. The minimum atomic E-state index is -0.0587. The van der Waals surface area contributed by atoms with Gasteiger partial charge in [-0.25, -0.2) is 4.98 Å². The smallest absolute Gasteiger partial charge is 0.280 e. The van der Waals surface area contributed by atoms with E-state index in [9.17, 15) is 4.79 Å². The van der Waals surface area contributed by atoms with Gasteiger partial charge < -0.3 is 15.4 Å². The Kier molecular flexibility index (Phi) is 4.02. The highest BCUT2D eigenvalue weighted by Gasteiger charge is 2.40. The SMILES string of the molecule is COc1cccc(-c2sc(C(=O)NC3CC4CCC3N4)nc2C)c1. The topological polar surface area (TPSA) is 63.2 Å². The van der Waals surface area contributed by atoms with Gasteiger partial charge in [-0.2, -0.15) is 0 Å². The molecular weight excluding hydrogens is 322 g/mol. The zero-order valence-corrected chi connectivity index (χ0v) is 14.7. The number of hydrogen-bond acceptors (Lipinski definition) is 5. The molecule has 2 bridgehead atoms. The van der Waals surface area contributed by atoms with Gasteiger partial charge in [0.25, 0.3) is 5.91 Å². The molecule has 5 nitrogen and oxygen atoms in total. The lowest BCUT2D eigenvalue weighted by molar-refractivity contribution is 0.0930. The van der Waals surface area contributed by atoms with Crippen molar-refractivity contribution in [3.05, 3.63) is 35.0 Å². The zero-order chi connectivity index (χ0) is 16.7. The van der Waals surface area contributed by atoms with E-state index in [4.69, 9.17) is 4.74 Å². The van der Waals surface area contributed by atoms with Crippen molar-refractivity contribution in [2.24, 2.45) is 0 Å². The van der Waals surface area contributed by atoms with Crippen LogP contribution in [0.3, 0.4) is 0 Å². The van der Waals surface area contributed by atoms with Crippen molar-refractivity contribution in [3.8, 4) is 16.2 Å². The Morgan fingerprint density at radius 3 is 3.00 bits per heavy atom. The molecule has 0 radical (unpaired) electrons. The van der Waals surface area contributed by atoms with E-state index in [0.29, 0.717) is 17.1 Å². The maximum atomic E-state index is 12.6. The second-order valence-electron chi connectivity index (χ2n) is 6.53. The third kappa shape index (κ3) is 2.80. The lowest BCUT2D eigenvalue weighted by Gasteiger charge is -2.20. The quantitative estimate of drug-likeness (QED) is 0.896. The van der Waals surface area contributed by atoms with Gasteiger partial charge in [0.1, 0.15) is 5.75 Å². The molecule has 2 fully saturated rings. The predicted octanol–water partition coefficient (Wildman–Crippen LogP) is 2.75. The average molecular weight is 343 g/mol. The van der Waals surface area contributed by atoms with Crippen LogP contribution in [0.15, 0.2) is 24.3 Å². The van der Waals surface area contributed by atoms with Gasteiger partial charge in [-0.15, -0.1) is 11.3 Å². The van der Waals surface area contributed by atoms with Gasteiger partial charge in [-0.3, -0.25) is 4.79 Å². The van der Waals surface area contributed by atoms with Gasteiger partial charge >= 0.3 is 0 Å². The van der Waals surface area contributed by atoms with E-state index in [1.165, 1.54) is 17.8 Å². The fourth-order valence-electron chi connectivity index (χ4n) is 3.74. The Bertz CT molecular complexity index is 773. The highest BCUT2D eigenvalue weighted by atomic mass is 32.1. The number of nitrogens with one attached hydrogen (secondary N) is 2. The van der Waals surface area contributed by atoms with Gasteiger partial charge in [-0.05, 0) is 43.9 Å². The van der Waals surface area contributed by atoms with Crippen LogP contribution in [0.2, 0.25) is 0 Å². The lowest BCUT2D eigenvalue weighted by Crippen LogP contribution is -2.42. The van der Waals surface area contributed by atoms with E-state index >= 15 is 0 Å². The summed E-state index contributed by atoms with van der Waals surface area (Å²) in [6.45, 7) is 1.95. The Morgan fingerprint density at radius 1 is 1.42 bits per heavy atom. The summed E-state index contributed by atoms with van der Waals surface area (Å²) in [5, 5.41) is 7.24. The molecule has 2 N–H and O–H groups in total. The largest absolute Gasteiger partial charge is 0.497 e. The normalized spacial score (nSPS) is 25.0. The number of methoxy groups -OCH3 is 1. The third-order valence-electron chi connectivity index (χ3n) is 4.94. The minimum Gasteiger partial charge on any atom is -0.497 e. The first-order chi connectivity index (χ1) is 11.6. The molecule has 4 rings (SSSR count). The van der Waals surface area contributed by atoms with Gasteiger partial charge in [0.05, 0.1) is 17.7 Å². The molecule has 1 aromatic heterocycles. The lowest BCUT2D eigenvalue weighted by atomic mass is 9.95. The van der Waals surface area contributed by atoms with E-state index < -0.39 is 0 Å². The summed E-state index contributed by atoms with van der Waals surface area (Å²) >= 11 is 1.44. The molecule has 1 aromatic carbocycles. The third-order valence-corrected chi connectivity index (χ3v) is 6.14. The maximum Gasteiger partial charge on any atom is 0.280 e. The Balaban J connectivity index is 1.53. The average Bonchev–Trinajstić information content (AvgIpc) is 3.30. The van der Waals surface area contributed by atoms with E-state index in [2.05, 4.69) is 15.6 Å². The standard InChI is InChI=1S/C18H21N3O2S/c1-10-16(11-4-3-5-13(8-11)23-2)24-18(19-10)17(22)21-15-9-12-6-7-14(15)20-12/h3-5,8,12,14-15,20H,6-7,9H2,1-2H3,(H,21,22). The fourth-order valence-corrected chi connectivity index (χ4v) is 4.71. The monoisotopic (exact) mass is 343 g/mol. The number of fused-ring (bicyclic) bond motifs is 2. The molecule has 1 amide bonds. The van der Waals surface area contributed by atoms with Crippen LogP contribution < -0.4 is 15.4 Å². The molecule has 2 aliphatic heterocycles. The minimum absolute atomic E-state index is 0.0587. The van der Waals surface area contributed by atoms with Crippen molar-refractivity contribution in [1.29, 1.82) is 0 Å². The summed E-state index contributed by atoms with van der Waals surface area (Å²) in [4.78, 5) is 18.1. The molecule has 0 spiro atoms. The highest BCUT2D eigenvalue weighted by molar-refractivity contribution is 7.17. The Labute approximate surface area is 145 Å². The summed E-state index contributed by atoms with van der Waals surface area (Å²) in [6.07, 6.45) is 3.42. The van der Waals surface area contributed by atoms with Crippen LogP contribution in [0.5, 0.6) is 5.75 Å².